The fourth-order valence-corrected chi connectivity index (χ4v) is 3.00. The first kappa shape index (κ1) is 13.8. The van der Waals surface area contributed by atoms with E-state index in [0.29, 0.717) is 6.42 Å². The minimum Gasteiger partial charge on any atom is -0.388 e. The molecule has 0 aliphatic carbocycles. The van der Waals surface area contributed by atoms with Crippen molar-refractivity contribution in [1.29, 1.82) is 0 Å². The van der Waals surface area contributed by atoms with Gasteiger partial charge in [-0.25, -0.2) is 0 Å². The second kappa shape index (κ2) is 5.00. The summed E-state index contributed by atoms with van der Waals surface area (Å²) in [5.41, 5.74) is 4.79. The van der Waals surface area contributed by atoms with Crippen molar-refractivity contribution in [1.82, 2.24) is 19.6 Å². The number of hydrogen-bond donors (Lipinski definition) is 1. The molecule has 1 atom stereocenters. The lowest BCUT2D eigenvalue weighted by Gasteiger charge is -2.10. The van der Waals surface area contributed by atoms with E-state index in [4.69, 9.17) is 0 Å². The quantitative estimate of drug-likeness (QED) is 0.802. The number of nitrogens with zero attached hydrogens (tertiary/aromatic N) is 4. The van der Waals surface area contributed by atoms with E-state index in [1.165, 1.54) is 0 Å². The van der Waals surface area contributed by atoms with E-state index in [9.17, 15) is 5.11 Å². The van der Waals surface area contributed by atoms with Crippen molar-refractivity contribution in [2.45, 2.75) is 26.4 Å². The van der Waals surface area contributed by atoms with Crippen molar-refractivity contribution in [2.24, 2.45) is 14.1 Å². The van der Waals surface area contributed by atoms with E-state index in [1.807, 2.05) is 61.6 Å². The summed E-state index contributed by atoms with van der Waals surface area (Å²) in [7, 11) is 3.83. The van der Waals surface area contributed by atoms with Gasteiger partial charge in [-0.15, -0.1) is 0 Å². The summed E-state index contributed by atoms with van der Waals surface area (Å²) in [6.45, 7) is 3.91. The summed E-state index contributed by atoms with van der Waals surface area (Å²) in [5, 5.41) is 20.6. The maximum absolute atomic E-state index is 10.6. The first-order valence-electron chi connectivity index (χ1n) is 7.07. The van der Waals surface area contributed by atoms with Crippen LogP contribution in [-0.4, -0.2) is 24.7 Å². The molecular formula is C16H20N4O. The van der Waals surface area contributed by atoms with Crippen molar-refractivity contribution < 1.29 is 5.11 Å². The molecule has 21 heavy (non-hydrogen) atoms. The standard InChI is InChI=1S/C16H20N4O/c1-10-16(11(2)19(3)17-10)15(21)9-13-12-7-5-6-8-14(12)20(4)18-13/h5-8,15,21H,9H2,1-4H3. The van der Waals surface area contributed by atoms with Crippen LogP contribution in [0.5, 0.6) is 0 Å². The largest absolute Gasteiger partial charge is 0.388 e. The van der Waals surface area contributed by atoms with Crippen LogP contribution in [0.15, 0.2) is 24.3 Å². The van der Waals surface area contributed by atoms with Crippen LogP contribution in [0.4, 0.5) is 0 Å². The molecule has 0 bridgehead atoms. The SMILES string of the molecule is Cc1nn(C)c(C)c1C(O)Cc1nn(C)c2ccccc12. The fraction of sp³-hybridized carbons (Fsp3) is 0.375. The van der Waals surface area contributed by atoms with E-state index in [0.717, 1.165) is 33.5 Å². The smallest absolute Gasteiger partial charge is 0.0882 e. The number of benzene rings is 1. The van der Waals surface area contributed by atoms with Gasteiger partial charge in [-0.05, 0) is 19.9 Å². The molecule has 0 aliphatic heterocycles. The first-order valence-corrected chi connectivity index (χ1v) is 7.07. The lowest BCUT2D eigenvalue weighted by Crippen LogP contribution is -2.06. The number of rotatable bonds is 3. The molecule has 1 N–H and O–H groups in total. The Morgan fingerprint density at radius 2 is 1.81 bits per heavy atom. The molecule has 1 aromatic carbocycles. The Kier molecular flexibility index (Phi) is 3.29. The van der Waals surface area contributed by atoms with Gasteiger partial charge >= 0.3 is 0 Å². The minimum atomic E-state index is -0.586. The summed E-state index contributed by atoms with van der Waals surface area (Å²) in [6, 6.07) is 8.09. The third kappa shape index (κ3) is 2.23. The topological polar surface area (TPSA) is 55.9 Å². The third-order valence-electron chi connectivity index (χ3n) is 4.12. The maximum atomic E-state index is 10.6. The van der Waals surface area contributed by atoms with Crippen molar-refractivity contribution in [3.8, 4) is 0 Å². The van der Waals surface area contributed by atoms with Crippen LogP contribution in [0, 0.1) is 13.8 Å². The highest BCUT2D eigenvalue weighted by atomic mass is 16.3. The zero-order valence-corrected chi connectivity index (χ0v) is 12.8. The summed E-state index contributed by atoms with van der Waals surface area (Å²) in [4.78, 5) is 0. The lowest BCUT2D eigenvalue weighted by molar-refractivity contribution is 0.176. The monoisotopic (exact) mass is 284 g/mol. The molecular weight excluding hydrogens is 264 g/mol. The van der Waals surface area contributed by atoms with E-state index >= 15 is 0 Å². The zero-order valence-electron chi connectivity index (χ0n) is 12.8. The molecule has 0 saturated heterocycles. The van der Waals surface area contributed by atoms with E-state index in [2.05, 4.69) is 10.2 Å². The van der Waals surface area contributed by atoms with Gasteiger partial charge in [0, 0.05) is 37.2 Å². The van der Waals surface area contributed by atoms with E-state index in [-0.39, 0.29) is 0 Å². The third-order valence-corrected chi connectivity index (χ3v) is 4.12. The van der Waals surface area contributed by atoms with Crippen LogP contribution in [0.25, 0.3) is 10.9 Å². The number of aryl methyl sites for hydroxylation is 3. The zero-order chi connectivity index (χ0) is 15.1. The predicted molar refractivity (Wildman–Crippen MR) is 82.1 cm³/mol. The highest BCUT2D eigenvalue weighted by molar-refractivity contribution is 5.81. The maximum Gasteiger partial charge on any atom is 0.0882 e. The van der Waals surface area contributed by atoms with Crippen molar-refractivity contribution in [2.75, 3.05) is 0 Å². The molecule has 1 unspecified atom stereocenters. The molecule has 2 aromatic heterocycles. The summed E-state index contributed by atoms with van der Waals surface area (Å²) in [5.74, 6) is 0. The highest BCUT2D eigenvalue weighted by Gasteiger charge is 2.20. The molecule has 0 spiro atoms. The van der Waals surface area contributed by atoms with Crippen molar-refractivity contribution >= 4 is 10.9 Å². The van der Waals surface area contributed by atoms with E-state index in [1.54, 1.807) is 0 Å². The van der Waals surface area contributed by atoms with Gasteiger partial charge in [-0.2, -0.15) is 10.2 Å². The molecule has 3 aromatic rings. The van der Waals surface area contributed by atoms with Gasteiger partial charge in [0.25, 0.3) is 0 Å². The molecule has 110 valence electrons. The Labute approximate surface area is 123 Å². The Hall–Kier alpha value is -2.14. The number of aromatic nitrogens is 4. The van der Waals surface area contributed by atoms with Gasteiger partial charge in [0.2, 0.25) is 0 Å². The molecule has 5 heteroatoms. The molecule has 2 heterocycles. The summed E-state index contributed by atoms with van der Waals surface area (Å²) in [6.07, 6.45) is -0.0913. The van der Waals surface area contributed by atoms with Crippen LogP contribution < -0.4 is 0 Å². The molecule has 0 aliphatic rings. The normalized spacial score (nSPS) is 13.0. The van der Waals surface area contributed by atoms with Gasteiger partial charge in [0.15, 0.2) is 0 Å². The Morgan fingerprint density at radius 1 is 1.10 bits per heavy atom. The second-order valence-corrected chi connectivity index (χ2v) is 5.52. The van der Waals surface area contributed by atoms with Crippen molar-refractivity contribution in [3.05, 3.63) is 46.9 Å². The van der Waals surface area contributed by atoms with Crippen molar-refractivity contribution in [3.63, 3.8) is 0 Å². The Balaban J connectivity index is 1.98. The average molecular weight is 284 g/mol. The van der Waals surface area contributed by atoms with Gasteiger partial charge < -0.3 is 5.11 Å². The fourth-order valence-electron chi connectivity index (χ4n) is 3.00. The molecule has 0 amide bonds. The summed E-state index contributed by atoms with van der Waals surface area (Å²) < 4.78 is 3.67. The minimum absolute atomic E-state index is 0.495. The Morgan fingerprint density at radius 3 is 2.48 bits per heavy atom. The van der Waals surface area contributed by atoms with Gasteiger partial charge in [0.05, 0.1) is 23.0 Å². The molecule has 0 saturated carbocycles. The number of aliphatic hydroxyl groups excluding tert-OH is 1. The molecule has 0 fully saturated rings. The van der Waals surface area contributed by atoms with Crippen LogP contribution in [-0.2, 0) is 20.5 Å². The van der Waals surface area contributed by atoms with E-state index < -0.39 is 6.10 Å². The van der Waals surface area contributed by atoms with Crippen LogP contribution in [0.3, 0.4) is 0 Å². The molecule has 3 rings (SSSR count). The lowest BCUT2D eigenvalue weighted by atomic mass is 10.0. The molecule has 0 radical (unpaired) electrons. The number of fused-ring (bicyclic) bond motifs is 1. The van der Waals surface area contributed by atoms with Crippen LogP contribution in [0.2, 0.25) is 0 Å². The second-order valence-electron chi connectivity index (χ2n) is 5.52. The number of para-hydroxylation sites is 1. The first-order chi connectivity index (χ1) is 9.99. The van der Waals surface area contributed by atoms with Crippen LogP contribution >= 0.6 is 0 Å². The number of hydrogen-bond acceptors (Lipinski definition) is 3. The molecule has 5 nitrogen and oxygen atoms in total. The Bertz CT molecular complexity index is 800. The summed E-state index contributed by atoms with van der Waals surface area (Å²) >= 11 is 0. The predicted octanol–water partition coefficient (Wildman–Crippen LogP) is 2.20. The number of aliphatic hydroxyl groups is 1. The average Bonchev–Trinajstić information content (AvgIpc) is 2.89. The van der Waals surface area contributed by atoms with Gasteiger partial charge in [-0.1, -0.05) is 18.2 Å². The highest BCUT2D eigenvalue weighted by Crippen LogP contribution is 2.27. The van der Waals surface area contributed by atoms with Gasteiger partial charge in [-0.3, -0.25) is 9.36 Å². The van der Waals surface area contributed by atoms with Gasteiger partial charge in [0.1, 0.15) is 0 Å². The van der Waals surface area contributed by atoms with Crippen LogP contribution in [0.1, 0.15) is 28.7 Å².